The zero-order valence-corrected chi connectivity index (χ0v) is 20.9. The molecule has 1 aliphatic heterocycles. The number of aryl methyl sites for hydroxylation is 2. The fraction of sp³-hybridized carbons (Fsp3) is 0.444. The second-order valence-corrected chi connectivity index (χ2v) is 9.30. The van der Waals surface area contributed by atoms with Crippen molar-refractivity contribution >= 4 is 11.8 Å². The molecule has 8 heteroatoms. The highest BCUT2D eigenvalue weighted by molar-refractivity contribution is 5.93. The number of piperidine rings is 1. The van der Waals surface area contributed by atoms with Crippen LogP contribution in [0.4, 0.5) is 0 Å². The highest BCUT2D eigenvalue weighted by Gasteiger charge is 2.34. The van der Waals surface area contributed by atoms with Crippen molar-refractivity contribution in [2.45, 2.75) is 38.8 Å². The molecule has 1 aromatic carbocycles. The number of furan rings is 1. The lowest BCUT2D eigenvalue weighted by atomic mass is 9.84. The Hall–Kier alpha value is -3.39. The molecule has 4 rings (SSSR count). The maximum absolute atomic E-state index is 13.4. The third kappa shape index (κ3) is 5.65. The summed E-state index contributed by atoms with van der Waals surface area (Å²) in [5.74, 6) is 1.12. The Morgan fingerprint density at radius 1 is 1.17 bits per heavy atom. The van der Waals surface area contributed by atoms with Gasteiger partial charge in [-0.2, -0.15) is 5.10 Å². The summed E-state index contributed by atoms with van der Waals surface area (Å²) >= 11 is 0. The minimum absolute atomic E-state index is 0.00859. The van der Waals surface area contributed by atoms with Crippen LogP contribution in [-0.2, 0) is 24.8 Å². The van der Waals surface area contributed by atoms with Gasteiger partial charge in [-0.05, 0) is 55.9 Å². The van der Waals surface area contributed by atoms with E-state index >= 15 is 0 Å². The Morgan fingerprint density at radius 2 is 1.89 bits per heavy atom. The molecule has 0 saturated carbocycles. The van der Waals surface area contributed by atoms with Crippen LogP contribution >= 0.6 is 0 Å². The molecule has 3 heterocycles. The van der Waals surface area contributed by atoms with Gasteiger partial charge < -0.3 is 19.0 Å². The van der Waals surface area contributed by atoms with Crippen molar-refractivity contribution in [3.05, 3.63) is 77.0 Å². The van der Waals surface area contributed by atoms with Gasteiger partial charge in [-0.15, -0.1) is 0 Å². The molecule has 1 atom stereocenters. The van der Waals surface area contributed by atoms with E-state index in [1.54, 1.807) is 31.0 Å². The smallest absolute Gasteiger partial charge is 0.289 e. The molecule has 0 radical (unpaired) electrons. The third-order valence-electron chi connectivity index (χ3n) is 6.86. The lowest BCUT2D eigenvalue weighted by Crippen LogP contribution is -2.48. The molecule has 3 aromatic rings. The molecule has 8 nitrogen and oxygen atoms in total. The molecule has 186 valence electrons. The van der Waals surface area contributed by atoms with Gasteiger partial charge in [0.1, 0.15) is 18.1 Å². The summed E-state index contributed by atoms with van der Waals surface area (Å²) in [6.45, 7) is 3.49. The van der Waals surface area contributed by atoms with Gasteiger partial charge in [0.05, 0.1) is 5.69 Å². The van der Waals surface area contributed by atoms with Crippen LogP contribution < -0.4 is 0 Å². The van der Waals surface area contributed by atoms with E-state index < -0.39 is 0 Å². The lowest BCUT2D eigenvalue weighted by molar-refractivity contribution is 0.0499. The normalized spacial score (nSPS) is 15.3. The van der Waals surface area contributed by atoms with Gasteiger partial charge in [-0.3, -0.25) is 14.3 Å². The molecule has 1 saturated heterocycles. The molecule has 0 spiro atoms. The molecule has 0 bridgehead atoms. The monoisotopic (exact) mass is 478 g/mol. The standard InChI is InChI=1S/C27H34N4O4/c1-19-16-24(30(3)28-19)26(32)29(2)23(17-20-8-6-5-7-9-20)21-12-14-31(15-13-21)27(33)25-11-10-22(35-25)18-34-4/h5-11,16,21,23H,12-15,17-18H2,1-4H3. The number of aromatic nitrogens is 2. The van der Waals surface area contributed by atoms with Crippen LogP contribution in [-0.4, -0.2) is 64.7 Å². The molecular weight excluding hydrogens is 444 g/mol. The number of nitrogens with zero attached hydrogens (tertiary/aromatic N) is 4. The van der Waals surface area contributed by atoms with Crippen molar-refractivity contribution in [3.63, 3.8) is 0 Å². The van der Waals surface area contributed by atoms with Gasteiger partial charge in [-0.25, -0.2) is 0 Å². The number of amides is 2. The Balaban J connectivity index is 1.48. The molecule has 0 aliphatic carbocycles. The SMILES string of the molecule is COCc1ccc(C(=O)N2CCC(C(Cc3ccccc3)N(C)C(=O)c3cc(C)nn3C)CC2)o1. The zero-order chi connectivity index (χ0) is 24.9. The maximum atomic E-state index is 13.4. The van der Waals surface area contributed by atoms with E-state index in [4.69, 9.17) is 9.15 Å². The van der Waals surface area contributed by atoms with Crippen molar-refractivity contribution in [3.8, 4) is 0 Å². The van der Waals surface area contributed by atoms with E-state index in [0.29, 0.717) is 36.9 Å². The van der Waals surface area contributed by atoms with Gasteiger partial charge in [-0.1, -0.05) is 30.3 Å². The van der Waals surface area contributed by atoms with Gasteiger partial charge in [0.15, 0.2) is 5.76 Å². The molecule has 0 N–H and O–H groups in total. The average molecular weight is 479 g/mol. The van der Waals surface area contributed by atoms with Gasteiger partial charge in [0, 0.05) is 40.3 Å². The number of carbonyl (C=O) groups excluding carboxylic acids is 2. The Morgan fingerprint density at radius 3 is 2.51 bits per heavy atom. The maximum Gasteiger partial charge on any atom is 0.289 e. The molecule has 35 heavy (non-hydrogen) atoms. The largest absolute Gasteiger partial charge is 0.453 e. The molecule has 2 aromatic heterocycles. The van der Waals surface area contributed by atoms with Gasteiger partial charge in [0.25, 0.3) is 11.8 Å². The quantitative estimate of drug-likeness (QED) is 0.493. The predicted octanol–water partition coefficient (Wildman–Crippen LogP) is 3.70. The number of benzene rings is 1. The second-order valence-electron chi connectivity index (χ2n) is 9.30. The van der Waals surface area contributed by atoms with Gasteiger partial charge in [0.2, 0.25) is 0 Å². The molecule has 1 aliphatic rings. The van der Waals surface area contributed by atoms with E-state index in [1.807, 2.05) is 48.0 Å². The van der Waals surface area contributed by atoms with Crippen LogP contribution in [0.2, 0.25) is 0 Å². The Bertz CT molecular complexity index is 1150. The van der Waals surface area contributed by atoms with E-state index in [-0.39, 0.29) is 23.8 Å². The summed E-state index contributed by atoms with van der Waals surface area (Å²) in [5, 5.41) is 4.35. The van der Waals surface area contributed by atoms with Crippen LogP contribution in [0.3, 0.4) is 0 Å². The van der Waals surface area contributed by atoms with E-state index in [2.05, 4.69) is 17.2 Å². The molecular formula is C27H34N4O4. The highest BCUT2D eigenvalue weighted by atomic mass is 16.5. The van der Waals surface area contributed by atoms with Crippen molar-refractivity contribution in [2.75, 3.05) is 27.2 Å². The minimum atomic E-state index is -0.0970. The van der Waals surface area contributed by atoms with Crippen LogP contribution in [0.15, 0.2) is 52.9 Å². The topological polar surface area (TPSA) is 80.8 Å². The van der Waals surface area contributed by atoms with Crippen LogP contribution in [0.25, 0.3) is 0 Å². The number of methoxy groups -OCH3 is 1. The van der Waals surface area contributed by atoms with Crippen molar-refractivity contribution < 1.29 is 18.7 Å². The van der Waals surface area contributed by atoms with E-state index in [0.717, 1.165) is 25.0 Å². The summed E-state index contributed by atoms with van der Waals surface area (Å²) in [6, 6.07) is 15.6. The van der Waals surface area contributed by atoms with E-state index in [1.165, 1.54) is 5.56 Å². The molecule has 1 unspecified atom stereocenters. The Labute approximate surface area is 206 Å². The number of likely N-dealkylation sites (N-methyl/N-ethyl adjacent to an activating group) is 1. The highest BCUT2D eigenvalue weighted by Crippen LogP contribution is 2.28. The summed E-state index contributed by atoms with van der Waals surface area (Å²) < 4.78 is 12.4. The van der Waals surface area contributed by atoms with Gasteiger partial charge >= 0.3 is 0 Å². The fourth-order valence-corrected chi connectivity index (χ4v) is 4.97. The summed E-state index contributed by atoms with van der Waals surface area (Å²) in [6.07, 6.45) is 2.39. The van der Waals surface area contributed by atoms with E-state index in [9.17, 15) is 9.59 Å². The second kappa shape index (κ2) is 10.9. The zero-order valence-electron chi connectivity index (χ0n) is 20.9. The third-order valence-corrected chi connectivity index (χ3v) is 6.86. The van der Waals surface area contributed by atoms with Crippen LogP contribution in [0.5, 0.6) is 0 Å². The van der Waals surface area contributed by atoms with Crippen LogP contribution in [0, 0.1) is 12.8 Å². The molecule has 1 fully saturated rings. The first-order valence-corrected chi connectivity index (χ1v) is 12.1. The predicted molar refractivity (Wildman–Crippen MR) is 132 cm³/mol. The first kappa shape index (κ1) is 24.7. The first-order chi connectivity index (χ1) is 16.9. The summed E-state index contributed by atoms with van der Waals surface area (Å²) in [7, 11) is 5.28. The first-order valence-electron chi connectivity index (χ1n) is 12.1. The number of likely N-dealkylation sites (tertiary alicyclic amines) is 1. The number of rotatable bonds is 8. The number of carbonyl (C=O) groups is 2. The lowest BCUT2D eigenvalue weighted by Gasteiger charge is -2.40. The minimum Gasteiger partial charge on any atom is -0.453 e. The average Bonchev–Trinajstić information content (AvgIpc) is 3.47. The Kier molecular flexibility index (Phi) is 7.70. The summed E-state index contributed by atoms with van der Waals surface area (Å²) in [4.78, 5) is 30.1. The van der Waals surface area contributed by atoms with Crippen molar-refractivity contribution in [2.24, 2.45) is 13.0 Å². The summed E-state index contributed by atoms with van der Waals surface area (Å²) in [5.41, 5.74) is 2.60. The number of ether oxygens (including phenoxy) is 1. The van der Waals surface area contributed by atoms with Crippen molar-refractivity contribution in [1.82, 2.24) is 19.6 Å². The van der Waals surface area contributed by atoms with Crippen molar-refractivity contribution in [1.29, 1.82) is 0 Å². The number of hydrogen-bond acceptors (Lipinski definition) is 5. The fourth-order valence-electron chi connectivity index (χ4n) is 4.97. The van der Waals surface area contributed by atoms with Crippen LogP contribution in [0.1, 0.15) is 50.9 Å². The number of hydrogen-bond donors (Lipinski definition) is 0. The molecule has 2 amide bonds.